The third-order valence-corrected chi connectivity index (χ3v) is 5.20. The molecule has 0 unspecified atom stereocenters. The quantitative estimate of drug-likeness (QED) is 0.669. The van der Waals surface area contributed by atoms with Gasteiger partial charge in [0.15, 0.2) is 0 Å². The van der Waals surface area contributed by atoms with Gasteiger partial charge in [-0.3, -0.25) is 0 Å². The molecular weight excluding hydrogens is 322 g/mol. The van der Waals surface area contributed by atoms with Crippen molar-refractivity contribution >= 4 is 10.0 Å². The highest BCUT2D eigenvalue weighted by Crippen LogP contribution is 2.15. The fraction of sp³-hybridized carbons (Fsp3) is 0.368. The van der Waals surface area contributed by atoms with Crippen LogP contribution in [-0.2, 0) is 23.1 Å². The van der Waals surface area contributed by atoms with Crippen molar-refractivity contribution in [2.24, 2.45) is 0 Å². The number of nitrogens with one attached hydrogen (secondary N) is 1. The van der Waals surface area contributed by atoms with E-state index in [2.05, 4.69) is 4.72 Å². The summed E-state index contributed by atoms with van der Waals surface area (Å²) >= 11 is 0. The number of hydrogen-bond donors (Lipinski definition) is 1. The van der Waals surface area contributed by atoms with Crippen molar-refractivity contribution in [3.63, 3.8) is 0 Å². The normalized spacial score (nSPS) is 11.4. The summed E-state index contributed by atoms with van der Waals surface area (Å²) in [5, 5.41) is 0. The van der Waals surface area contributed by atoms with Gasteiger partial charge in [0.1, 0.15) is 12.4 Å². The van der Waals surface area contributed by atoms with Crippen molar-refractivity contribution in [2.45, 2.75) is 32.8 Å². The van der Waals surface area contributed by atoms with E-state index in [1.165, 1.54) is 5.56 Å². The van der Waals surface area contributed by atoms with Crippen LogP contribution in [0.25, 0.3) is 0 Å². The van der Waals surface area contributed by atoms with Crippen LogP contribution in [0.4, 0.5) is 0 Å². The Bertz CT molecular complexity index is 697. The largest absolute Gasteiger partial charge is 0.489 e. The van der Waals surface area contributed by atoms with Gasteiger partial charge in [-0.2, -0.15) is 0 Å². The minimum Gasteiger partial charge on any atom is -0.489 e. The predicted molar refractivity (Wildman–Crippen MR) is 97.6 cm³/mol. The number of hydrogen-bond acceptors (Lipinski definition) is 3. The highest BCUT2D eigenvalue weighted by Gasteiger charge is 2.06. The molecule has 0 aliphatic rings. The highest BCUT2D eigenvalue weighted by molar-refractivity contribution is 7.89. The first-order valence-electron chi connectivity index (χ1n) is 8.32. The smallest absolute Gasteiger partial charge is 0.211 e. The molecule has 0 atom stereocenters. The first-order chi connectivity index (χ1) is 11.6. The van der Waals surface area contributed by atoms with E-state index in [4.69, 9.17) is 4.74 Å². The number of aryl methyl sites for hydroxylation is 1. The Morgan fingerprint density at radius 1 is 0.958 bits per heavy atom. The number of rotatable bonds is 10. The molecule has 2 rings (SSSR count). The molecule has 130 valence electrons. The summed E-state index contributed by atoms with van der Waals surface area (Å²) in [6.07, 6.45) is 2.26. The van der Waals surface area contributed by atoms with E-state index < -0.39 is 10.0 Å². The van der Waals surface area contributed by atoms with Gasteiger partial charge in [0, 0.05) is 6.54 Å². The van der Waals surface area contributed by atoms with Crippen LogP contribution in [0.2, 0.25) is 0 Å². The Morgan fingerprint density at radius 2 is 1.67 bits per heavy atom. The molecule has 2 aromatic rings. The number of sulfonamides is 1. The second kappa shape index (κ2) is 9.45. The second-order valence-corrected chi connectivity index (χ2v) is 7.66. The number of benzene rings is 2. The monoisotopic (exact) mass is 347 g/mol. The standard InChI is InChI=1S/C19H25NO3S/c1-2-15-24(21,22)20-14-6-9-17-10-12-19(13-11-17)23-16-18-7-4-3-5-8-18/h3-5,7-8,10-13,20H,2,6,9,14-16H2,1H3. The molecule has 0 spiro atoms. The van der Waals surface area contributed by atoms with Gasteiger partial charge in [0.25, 0.3) is 0 Å². The zero-order valence-electron chi connectivity index (χ0n) is 14.1. The average Bonchev–Trinajstić information content (AvgIpc) is 2.59. The van der Waals surface area contributed by atoms with Gasteiger partial charge >= 0.3 is 0 Å². The first-order valence-corrected chi connectivity index (χ1v) is 9.97. The van der Waals surface area contributed by atoms with Crippen molar-refractivity contribution in [2.75, 3.05) is 12.3 Å². The third-order valence-electron chi connectivity index (χ3n) is 3.61. The Hall–Kier alpha value is -1.85. The van der Waals surface area contributed by atoms with Gasteiger partial charge < -0.3 is 4.74 Å². The Kier molecular flexibility index (Phi) is 7.28. The van der Waals surface area contributed by atoms with E-state index in [-0.39, 0.29) is 5.75 Å². The molecule has 5 heteroatoms. The molecule has 0 aliphatic carbocycles. The summed E-state index contributed by atoms with van der Waals surface area (Å²) in [5.41, 5.74) is 2.32. The molecule has 24 heavy (non-hydrogen) atoms. The van der Waals surface area contributed by atoms with Gasteiger partial charge in [-0.05, 0) is 42.5 Å². The molecular formula is C19H25NO3S. The number of ether oxygens (including phenoxy) is 1. The summed E-state index contributed by atoms with van der Waals surface area (Å²) in [6.45, 7) is 2.90. The molecule has 0 fully saturated rings. The molecule has 0 radical (unpaired) electrons. The van der Waals surface area contributed by atoms with Crippen LogP contribution in [0.15, 0.2) is 54.6 Å². The van der Waals surface area contributed by atoms with Gasteiger partial charge in [-0.1, -0.05) is 49.4 Å². The summed E-state index contributed by atoms with van der Waals surface area (Å²) < 4.78 is 31.5. The fourth-order valence-corrected chi connectivity index (χ4v) is 3.49. The lowest BCUT2D eigenvalue weighted by atomic mass is 10.1. The van der Waals surface area contributed by atoms with E-state index in [0.717, 1.165) is 24.2 Å². The highest BCUT2D eigenvalue weighted by atomic mass is 32.2. The lowest BCUT2D eigenvalue weighted by Crippen LogP contribution is -2.27. The lowest BCUT2D eigenvalue weighted by Gasteiger charge is -2.08. The second-order valence-electron chi connectivity index (χ2n) is 5.73. The predicted octanol–water partition coefficient (Wildman–Crippen LogP) is 3.53. The molecule has 2 aromatic carbocycles. The van der Waals surface area contributed by atoms with Gasteiger partial charge in [-0.25, -0.2) is 13.1 Å². The molecule has 0 heterocycles. The Labute approximate surface area is 144 Å². The molecule has 0 amide bonds. The zero-order valence-corrected chi connectivity index (χ0v) is 14.9. The maximum absolute atomic E-state index is 11.5. The molecule has 0 aromatic heterocycles. The lowest BCUT2D eigenvalue weighted by molar-refractivity contribution is 0.306. The molecule has 0 saturated carbocycles. The van der Waals surface area contributed by atoms with Crippen molar-refractivity contribution in [3.05, 3.63) is 65.7 Å². The summed E-state index contributed by atoms with van der Waals surface area (Å²) in [4.78, 5) is 0. The van der Waals surface area contributed by atoms with Gasteiger partial charge in [-0.15, -0.1) is 0 Å². The maximum Gasteiger partial charge on any atom is 0.211 e. The van der Waals surface area contributed by atoms with E-state index in [1.807, 2.05) is 61.5 Å². The zero-order chi connectivity index (χ0) is 17.3. The van der Waals surface area contributed by atoms with Crippen molar-refractivity contribution in [1.82, 2.24) is 4.72 Å². The third kappa shape index (κ3) is 6.72. The molecule has 4 nitrogen and oxygen atoms in total. The minimum atomic E-state index is -3.10. The van der Waals surface area contributed by atoms with E-state index in [9.17, 15) is 8.42 Å². The summed E-state index contributed by atoms with van der Waals surface area (Å²) in [6, 6.07) is 18.0. The van der Waals surface area contributed by atoms with Crippen LogP contribution in [0.1, 0.15) is 30.9 Å². The van der Waals surface area contributed by atoms with Gasteiger partial charge in [0.2, 0.25) is 10.0 Å². The van der Waals surface area contributed by atoms with Crippen molar-refractivity contribution in [3.8, 4) is 5.75 Å². The SMILES string of the molecule is CCCS(=O)(=O)NCCCc1ccc(OCc2ccccc2)cc1. The van der Waals surface area contributed by atoms with E-state index >= 15 is 0 Å². The van der Waals surface area contributed by atoms with Crippen molar-refractivity contribution < 1.29 is 13.2 Å². The first kappa shape index (κ1) is 18.5. The fourth-order valence-electron chi connectivity index (χ4n) is 2.35. The van der Waals surface area contributed by atoms with Crippen LogP contribution in [0.5, 0.6) is 5.75 Å². The van der Waals surface area contributed by atoms with Crippen LogP contribution < -0.4 is 9.46 Å². The summed E-state index contributed by atoms with van der Waals surface area (Å²) in [5.74, 6) is 1.03. The van der Waals surface area contributed by atoms with Crippen LogP contribution in [0, 0.1) is 0 Å². The Balaban J connectivity index is 1.72. The molecule has 0 aliphatic heterocycles. The van der Waals surface area contributed by atoms with Crippen LogP contribution in [0.3, 0.4) is 0 Å². The topological polar surface area (TPSA) is 55.4 Å². The van der Waals surface area contributed by atoms with E-state index in [0.29, 0.717) is 19.6 Å². The molecule has 1 N–H and O–H groups in total. The summed E-state index contributed by atoms with van der Waals surface area (Å²) in [7, 11) is -3.10. The van der Waals surface area contributed by atoms with E-state index in [1.54, 1.807) is 0 Å². The van der Waals surface area contributed by atoms with Crippen LogP contribution in [-0.4, -0.2) is 20.7 Å². The maximum atomic E-state index is 11.5. The average molecular weight is 347 g/mol. The minimum absolute atomic E-state index is 0.195. The Morgan fingerprint density at radius 3 is 2.33 bits per heavy atom. The molecule has 0 bridgehead atoms. The van der Waals surface area contributed by atoms with Crippen LogP contribution >= 0.6 is 0 Å². The van der Waals surface area contributed by atoms with Crippen molar-refractivity contribution in [1.29, 1.82) is 0 Å². The van der Waals surface area contributed by atoms with Gasteiger partial charge in [0.05, 0.1) is 5.75 Å². The molecule has 0 saturated heterocycles.